The van der Waals surface area contributed by atoms with Gasteiger partial charge in [-0.05, 0) is 54.7 Å². The van der Waals surface area contributed by atoms with Crippen molar-refractivity contribution in [3.8, 4) is 17.2 Å². The molecule has 0 aliphatic carbocycles. The first-order chi connectivity index (χ1) is 13.5. The van der Waals surface area contributed by atoms with E-state index in [9.17, 15) is 4.39 Å². The third kappa shape index (κ3) is 3.07. The standard InChI is InChI=1S/C21H19FN6/c1-12-9-25-20(22)7-17(12)15-6-16-11-28(5-4-18(16)24-10-15)21-14(3)13(2)19(8-23)26-27-21/h6-7,9-10H,4-5,11H2,1-3H3. The summed E-state index contributed by atoms with van der Waals surface area (Å²) in [5, 5.41) is 17.5. The van der Waals surface area contributed by atoms with E-state index in [0.29, 0.717) is 12.2 Å². The summed E-state index contributed by atoms with van der Waals surface area (Å²) in [5.74, 6) is 0.289. The van der Waals surface area contributed by atoms with Gasteiger partial charge in [0.2, 0.25) is 5.95 Å². The fraction of sp³-hybridized carbons (Fsp3) is 0.286. The van der Waals surface area contributed by atoms with Crippen LogP contribution in [0, 0.1) is 38.1 Å². The van der Waals surface area contributed by atoms with Gasteiger partial charge in [-0.1, -0.05) is 0 Å². The van der Waals surface area contributed by atoms with Gasteiger partial charge in [0.05, 0.1) is 0 Å². The Morgan fingerprint density at radius 3 is 2.68 bits per heavy atom. The van der Waals surface area contributed by atoms with Crippen LogP contribution >= 0.6 is 0 Å². The summed E-state index contributed by atoms with van der Waals surface area (Å²) in [6, 6.07) is 5.59. The number of pyridine rings is 2. The molecule has 0 fully saturated rings. The van der Waals surface area contributed by atoms with Crippen molar-refractivity contribution in [3.05, 3.63) is 64.1 Å². The monoisotopic (exact) mass is 374 g/mol. The highest BCUT2D eigenvalue weighted by atomic mass is 19.1. The van der Waals surface area contributed by atoms with Crippen LogP contribution in [0.1, 0.15) is 33.6 Å². The third-order valence-electron chi connectivity index (χ3n) is 5.32. The van der Waals surface area contributed by atoms with E-state index in [-0.39, 0.29) is 0 Å². The second-order valence-corrected chi connectivity index (χ2v) is 7.06. The van der Waals surface area contributed by atoms with Crippen LogP contribution in [-0.4, -0.2) is 26.7 Å². The van der Waals surface area contributed by atoms with Crippen LogP contribution < -0.4 is 4.90 Å². The van der Waals surface area contributed by atoms with Crippen LogP contribution in [0.4, 0.5) is 10.2 Å². The van der Waals surface area contributed by atoms with E-state index >= 15 is 0 Å². The number of nitriles is 1. The molecule has 0 radical (unpaired) electrons. The summed E-state index contributed by atoms with van der Waals surface area (Å²) in [5.41, 5.74) is 6.88. The van der Waals surface area contributed by atoms with Crippen molar-refractivity contribution in [3.63, 3.8) is 0 Å². The zero-order valence-corrected chi connectivity index (χ0v) is 16.0. The Hall–Kier alpha value is -3.40. The third-order valence-corrected chi connectivity index (χ3v) is 5.32. The molecule has 28 heavy (non-hydrogen) atoms. The highest BCUT2D eigenvalue weighted by molar-refractivity contribution is 5.67. The number of aryl methyl sites for hydroxylation is 1. The van der Waals surface area contributed by atoms with E-state index in [2.05, 4.69) is 37.2 Å². The number of hydrogen-bond donors (Lipinski definition) is 0. The van der Waals surface area contributed by atoms with Gasteiger partial charge >= 0.3 is 0 Å². The average Bonchev–Trinajstić information content (AvgIpc) is 2.71. The van der Waals surface area contributed by atoms with Crippen molar-refractivity contribution in [2.24, 2.45) is 0 Å². The normalized spacial score (nSPS) is 13.2. The van der Waals surface area contributed by atoms with Crippen molar-refractivity contribution < 1.29 is 4.39 Å². The molecule has 0 saturated carbocycles. The van der Waals surface area contributed by atoms with E-state index in [1.54, 1.807) is 6.20 Å². The molecule has 7 heteroatoms. The molecule has 140 valence electrons. The van der Waals surface area contributed by atoms with Gasteiger partial charge in [-0.15, -0.1) is 10.2 Å². The molecule has 4 heterocycles. The molecule has 0 saturated heterocycles. The van der Waals surface area contributed by atoms with Crippen LogP contribution in [0.5, 0.6) is 0 Å². The largest absolute Gasteiger partial charge is 0.350 e. The Morgan fingerprint density at radius 2 is 1.89 bits per heavy atom. The number of halogens is 1. The van der Waals surface area contributed by atoms with Crippen LogP contribution in [-0.2, 0) is 13.0 Å². The minimum Gasteiger partial charge on any atom is -0.350 e. The molecule has 3 aromatic heterocycles. The number of fused-ring (bicyclic) bond motifs is 1. The first-order valence-corrected chi connectivity index (χ1v) is 9.07. The van der Waals surface area contributed by atoms with Gasteiger partial charge in [-0.3, -0.25) is 4.98 Å². The molecule has 6 nitrogen and oxygen atoms in total. The quantitative estimate of drug-likeness (QED) is 0.640. The highest BCUT2D eigenvalue weighted by Crippen LogP contribution is 2.30. The van der Waals surface area contributed by atoms with E-state index in [0.717, 1.165) is 57.9 Å². The van der Waals surface area contributed by atoms with Gasteiger partial charge in [-0.2, -0.15) is 9.65 Å². The van der Waals surface area contributed by atoms with Gasteiger partial charge < -0.3 is 4.90 Å². The second-order valence-electron chi connectivity index (χ2n) is 7.06. The molecular weight excluding hydrogens is 355 g/mol. The van der Waals surface area contributed by atoms with Crippen molar-refractivity contribution in [1.29, 1.82) is 5.26 Å². The zero-order valence-electron chi connectivity index (χ0n) is 16.0. The molecule has 0 bridgehead atoms. The van der Waals surface area contributed by atoms with Crippen molar-refractivity contribution >= 4 is 5.82 Å². The molecule has 1 aliphatic heterocycles. The molecule has 0 spiro atoms. The summed E-state index contributed by atoms with van der Waals surface area (Å²) >= 11 is 0. The van der Waals surface area contributed by atoms with E-state index in [1.165, 1.54) is 12.3 Å². The SMILES string of the molecule is Cc1cnc(F)cc1-c1cnc2c(c1)CN(c1nnc(C#N)c(C)c1C)CC2. The summed E-state index contributed by atoms with van der Waals surface area (Å²) in [4.78, 5) is 10.5. The minimum absolute atomic E-state index is 0.359. The van der Waals surface area contributed by atoms with Gasteiger partial charge in [0.25, 0.3) is 0 Å². The minimum atomic E-state index is -0.501. The van der Waals surface area contributed by atoms with Crippen LogP contribution in [0.25, 0.3) is 11.1 Å². The Kier molecular flexibility index (Phi) is 4.47. The number of aromatic nitrogens is 4. The molecule has 0 aromatic carbocycles. The molecule has 0 unspecified atom stereocenters. The Balaban J connectivity index is 1.70. The summed E-state index contributed by atoms with van der Waals surface area (Å²) < 4.78 is 13.6. The lowest BCUT2D eigenvalue weighted by Gasteiger charge is -2.30. The van der Waals surface area contributed by atoms with E-state index in [1.807, 2.05) is 20.8 Å². The molecule has 1 aliphatic rings. The lowest BCUT2D eigenvalue weighted by molar-refractivity contribution is 0.583. The maximum Gasteiger partial charge on any atom is 0.213 e. The maximum atomic E-state index is 13.6. The first kappa shape index (κ1) is 18.0. The number of hydrogen-bond acceptors (Lipinski definition) is 6. The first-order valence-electron chi connectivity index (χ1n) is 9.07. The molecule has 4 rings (SSSR count). The van der Waals surface area contributed by atoms with Crippen molar-refractivity contribution in [2.75, 3.05) is 11.4 Å². The van der Waals surface area contributed by atoms with Crippen molar-refractivity contribution in [1.82, 2.24) is 20.2 Å². The van der Waals surface area contributed by atoms with Gasteiger partial charge in [0.15, 0.2) is 11.5 Å². The van der Waals surface area contributed by atoms with Crippen LogP contribution in [0.3, 0.4) is 0 Å². The van der Waals surface area contributed by atoms with E-state index < -0.39 is 5.95 Å². The van der Waals surface area contributed by atoms with Crippen LogP contribution in [0.2, 0.25) is 0 Å². The van der Waals surface area contributed by atoms with Gasteiger partial charge in [0.1, 0.15) is 6.07 Å². The van der Waals surface area contributed by atoms with E-state index in [4.69, 9.17) is 5.26 Å². The number of rotatable bonds is 2. The second kappa shape index (κ2) is 6.97. The molecular formula is C21H19FN6. The fourth-order valence-electron chi connectivity index (χ4n) is 3.56. The zero-order chi connectivity index (χ0) is 19.8. The predicted octanol–water partition coefficient (Wildman–Crippen LogP) is 3.43. The molecule has 3 aromatic rings. The summed E-state index contributed by atoms with van der Waals surface area (Å²) in [6.07, 6.45) is 4.13. The Morgan fingerprint density at radius 1 is 1.07 bits per heavy atom. The Bertz CT molecular complexity index is 1120. The van der Waals surface area contributed by atoms with Gasteiger partial charge in [0, 0.05) is 49.2 Å². The summed E-state index contributed by atoms with van der Waals surface area (Å²) in [6.45, 7) is 7.19. The smallest absolute Gasteiger partial charge is 0.213 e. The van der Waals surface area contributed by atoms with Crippen LogP contribution in [0.15, 0.2) is 24.5 Å². The summed E-state index contributed by atoms with van der Waals surface area (Å²) in [7, 11) is 0. The van der Waals surface area contributed by atoms with Gasteiger partial charge in [-0.25, -0.2) is 4.98 Å². The van der Waals surface area contributed by atoms with Crippen molar-refractivity contribution in [2.45, 2.75) is 33.7 Å². The average molecular weight is 374 g/mol. The predicted molar refractivity (Wildman–Crippen MR) is 103 cm³/mol. The molecule has 0 N–H and O–H groups in total. The lowest BCUT2D eigenvalue weighted by atomic mass is 9.98. The molecule has 0 amide bonds. The lowest BCUT2D eigenvalue weighted by Crippen LogP contribution is -2.32. The molecule has 0 atom stereocenters. The number of nitrogens with zero attached hydrogens (tertiary/aromatic N) is 6. The fourth-order valence-corrected chi connectivity index (χ4v) is 3.56. The number of anilines is 1. The maximum absolute atomic E-state index is 13.6. The highest BCUT2D eigenvalue weighted by Gasteiger charge is 2.22. The Labute approximate surface area is 162 Å². The topological polar surface area (TPSA) is 78.6 Å².